The second-order valence-corrected chi connectivity index (χ2v) is 5.31. The standard InChI is InChI=1S/C14H14F4O4/c1-12(14(16,17)18)5-6-13(22-12,11(19)20)9-4-3-8(15)7-10(9)21-2/h3-4,7H,5-6H2,1-2H3,(H,19,20). The van der Waals surface area contributed by atoms with Crippen LogP contribution in [0.3, 0.4) is 0 Å². The Hall–Kier alpha value is -1.83. The zero-order chi connectivity index (χ0) is 16.8. The lowest BCUT2D eigenvalue weighted by Gasteiger charge is -2.32. The van der Waals surface area contributed by atoms with Crippen LogP contribution in [0.25, 0.3) is 0 Å². The number of carboxylic acids is 1. The van der Waals surface area contributed by atoms with E-state index >= 15 is 0 Å². The summed E-state index contributed by atoms with van der Waals surface area (Å²) in [5.74, 6) is -2.45. The monoisotopic (exact) mass is 322 g/mol. The van der Waals surface area contributed by atoms with Gasteiger partial charge in [-0.15, -0.1) is 0 Å². The van der Waals surface area contributed by atoms with Crippen molar-refractivity contribution in [1.29, 1.82) is 0 Å². The summed E-state index contributed by atoms with van der Waals surface area (Å²) in [5.41, 5.74) is -4.97. The van der Waals surface area contributed by atoms with Crippen molar-refractivity contribution in [2.45, 2.75) is 37.1 Å². The van der Waals surface area contributed by atoms with E-state index in [-0.39, 0.29) is 11.3 Å². The van der Waals surface area contributed by atoms with Crippen LogP contribution in [0.4, 0.5) is 17.6 Å². The van der Waals surface area contributed by atoms with E-state index in [4.69, 9.17) is 9.47 Å². The van der Waals surface area contributed by atoms with E-state index in [1.165, 1.54) is 7.11 Å². The number of methoxy groups -OCH3 is 1. The Bertz CT molecular complexity index is 601. The van der Waals surface area contributed by atoms with Crippen LogP contribution in [0.1, 0.15) is 25.3 Å². The van der Waals surface area contributed by atoms with Gasteiger partial charge < -0.3 is 14.6 Å². The van der Waals surface area contributed by atoms with E-state index in [0.29, 0.717) is 0 Å². The summed E-state index contributed by atoms with van der Waals surface area (Å²) in [4.78, 5) is 11.7. The molecular weight excluding hydrogens is 308 g/mol. The third-order valence-corrected chi connectivity index (χ3v) is 3.90. The van der Waals surface area contributed by atoms with E-state index in [1.54, 1.807) is 0 Å². The van der Waals surface area contributed by atoms with E-state index in [9.17, 15) is 27.5 Å². The number of ether oxygens (including phenoxy) is 2. The maximum absolute atomic E-state index is 13.2. The first kappa shape index (κ1) is 16.5. The molecule has 22 heavy (non-hydrogen) atoms. The molecule has 1 aliphatic rings. The highest BCUT2D eigenvalue weighted by Gasteiger charge is 2.64. The fourth-order valence-corrected chi connectivity index (χ4v) is 2.55. The molecule has 4 nitrogen and oxygen atoms in total. The number of carbonyl (C=O) groups is 1. The Kier molecular flexibility index (Phi) is 3.85. The Labute approximate surface area is 123 Å². The third kappa shape index (κ3) is 2.41. The average molecular weight is 322 g/mol. The molecule has 1 fully saturated rings. The van der Waals surface area contributed by atoms with Crippen molar-refractivity contribution in [2.75, 3.05) is 7.11 Å². The minimum atomic E-state index is -4.72. The molecule has 1 saturated heterocycles. The number of hydrogen-bond donors (Lipinski definition) is 1. The molecule has 0 aromatic heterocycles. The Morgan fingerprint density at radius 1 is 1.36 bits per heavy atom. The molecule has 2 unspecified atom stereocenters. The van der Waals surface area contributed by atoms with E-state index in [2.05, 4.69) is 0 Å². The van der Waals surface area contributed by atoms with Crippen LogP contribution in [-0.2, 0) is 15.1 Å². The normalized spacial score (nSPS) is 28.6. The highest BCUT2D eigenvalue weighted by atomic mass is 19.4. The van der Waals surface area contributed by atoms with Crippen LogP contribution in [0.2, 0.25) is 0 Å². The highest BCUT2D eigenvalue weighted by Crippen LogP contribution is 2.53. The molecule has 0 spiro atoms. The minimum Gasteiger partial charge on any atom is -0.496 e. The quantitative estimate of drug-likeness (QED) is 0.868. The zero-order valence-corrected chi connectivity index (χ0v) is 11.8. The van der Waals surface area contributed by atoms with E-state index in [1.807, 2.05) is 0 Å². The van der Waals surface area contributed by atoms with Gasteiger partial charge in [-0.25, -0.2) is 9.18 Å². The first-order valence-corrected chi connectivity index (χ1v) is 6.40. The minimum absolute atomic E-state index is 0.142. The molecule has 2 atom stereocenters. The number of halogens is 4. The second kappa shape index (κ2) is 5.12. The Morgan fingerprint density at radius 3 is 2.45 bits per heavy atom. The number of rotatable bonds is 3. The summed E-state index contributed by atoms with van der Waals surface area (Å²) in [6.07, 6.45) is -5.65. The van der Waals surface area contributed by atoms with Crippen LogP contribution in [0.15, 0.2) is 18.2 Å². The van der Waals surface area contributed by atoms with Gasteiger partial charge in [0.05, 0.1) is 7.11 Å². The molecule has 1 N–H and O–H groups in total. The lowest BCUT2D eigenvalue weighted by atomic mass is 9.89. The van der Waals surface area contributed by atoms with Gasteiger partial charge in [-0.2, -0.15) is 13.2 Å². The first-order chi connectivity index (χ1) is 10.1. The lowest BCUT2D eigenvalue weighted by Crippen LogP contribution is -2.46. The predicted molar refractivity (Wildman–Crippen MR) is 67.0 cm³/mol. The summed E-state index contributed by atoms with van der Waals surface area (Å²) in [7, 11) is 1.17. The molecule has 0 radical (unpaired) electrons. The molecule has 0 aliphatic carbocycles. The van der Waals surface area contributed by atoms with Gasteiger partial charge in [0.25, 0.3) is 0 Å². The second-order valence-electron chi connectivity index (χ2n) is 5.31. The molecule has 0 bridgehead atoms. The van der Waals surface area contributed by atoms with Crippen LogP contribution in [0.5, 0.6) is 5.75 Å². The van der Waals surface area contributed by atoms with Crippen molar-refractivity contribution < 1.29 is 36.9 Å². The van der Waals surface area contributed by atoms with E-state index in [0.717, 1.165) is 25.1 Å². The van der Waals surface area contributed by atoms with Crippen molar-refractivity contribution in [3.05, 3.63) is 29.6 Å². The van der Waals surface area contributed by atoms with Gasteiger partial charge in [0.15, 0.2) is 11.2 Å². The van der Waals surface area contributed by atoms with Crippen molar-refractivity contribution >= 4 is 5.97 Å². The molecule has 1 aromatic carbocycles. The molecule has 2 rings (SSSR count). The summed E-state index contributed by atoms with van der Waals surface area (Å²) in [6, 6.07) is 2.94. The number of benzene rings is 1. The molecular formula is C14H14F4O4. The fraction of sp³-hybridized carbons (Fsp3) is 0.500. The molecule has 8 heteroatoms. The average Bonchev–Trinajstić information content (AvgIpc) is 2.79. The Balaban J connectivity index is 2.56. The summed E-state index contributed by atoms with van der Waals surface area (Å²) < 4.78 is 62.5. The largest absolute Gasteiger partial charge is 0.496 e. The van der Waals surface area contributed by atoms with Crippen molar-refractivity contribution in [3.63, 3.8) is 0 Å². The number of aliphatic carboxylic acids is 1. The van der Waals surface area contributed by atoms with Crippen molar-refractivity contribution in [2.24, 2.45) is 0 Å². The van der Waals surface area contributed by atoms with Crippen LogP contribution >= 0.6 is 0 Å². The van der Waals surface area contributed by atoms with Gasteiger partial charge in [-0.1, -0.05) is 0 Å². The fourth-order valence-electron chi connectivity index (χ4n) is 2.55. The number of carboxylic acid groups (broad SMARTS) is 1. The smallest absolute Gasteiger partial charge is 0.417 e. The molecule has 1 heterocycles. The molecule has 1 aliphatic heterocycles. The maximum Gasteiger partial charge on any atom is 0.417 e. The van der Waals surface area contributed by atoms with E-state index < -0.39 is 42.0 Å². The van der Waals surface area contributed by atoms with Crippen LogP contribution in [-0.4, -0.2) is 30.0 Å². The summed E-state index contributed by atoms with van der Waals surface area (Å²) in [6.45, 7) is 0.799. The van der Waals surface area contributed by atoms with Gasteiger partial charge in [0.2, 0.25) is 0 Å². The van der Waals surface area contributed by atoms with Gasteiger partial charge in [0, 0.05) is 11.6 Å². The highest BCUT2D eigenvalue weighted by molar-refractivity contribution is 5.81. The molecule has 122 valence electrons. The maximum atomic E-state index is 13.2. The molecule has 0 amide bonds. The van der Waals surface area contributed by atoms with Crippen molar-refractivity contribution in [1.82, 2.24) is 0 Å². The van der Waals surface area contributed by atoms with Crippen LogP contribution < -0.4 is 4.74 Å². The molecule has 1 aromatic rings. The summed E-state index contributed by atoms with van der Waals surface area (Å²) in [5, 5.41) is 9.46. The topological polar surface area (TPSA) is 55.8 Å². The van der Waals surface area contributed by atoms with Gasteiger partial charge in [-0.3, -0.25) is 0 Å². The first-order valence-electron chi connectivity index (χ1n) is 6.40. The molecule has 0 saturated carbocycles. The van der Waals surface area contributed by atoms with Gasteiger partial charge in [0.1, 0.15) is 11.6 Å². The van der Waals surface area contributed by atoms with Gasteiger partial charge in [-0.05, 0) is 31.9 Å². The SMILES string of the molecule is COc1cc(F)ccc1C1(C(=O)O)CCC(C)(C(F)(F)F)O1. The zero-order valence-electron chi connectivity index (χ0n) is 11.8. The third-order valence-electron chi connectivity index (χ3n) is 3.90. The Morgan fingerprint density at radius 2 is 2.00 bits per heavy atom. The number of hydrogen-bond acceptors (Lipinski definition) is 3. The van der Waals surface area contributed by atoms with Crippen LogP contribution in [0, 0.1) is 5.82 Å². The van der Waals surface area contributed by atoms with Crippen molar-refractivity contribution in [3.8, 4) is 5.75 Å². The lowest BCUT2D eigenvalue weighted by molar-refractivity contribution is -0.279. The predicted octanol–water partition coefficient (Wildman–Crippen LogP) is 3.25. The summed E-state index contributed by atoms with van der Waals surface area (Å²) >= 11 is 0. The van der Waals surface area contributed by atoms with Gasteiger partial charge >= 0.3 is 12.1 Å². The number of alkyl halides is 3.